The van der Waals surface area contributed by atoms with Gasteiger partial charge in [-0.1, -0.05) is 42.5 Å². The van der Waals surface area contributed by atoms with Crippen molar-refractivity contribution in [2.45, 2.75) is 25.7 Å². The largest absolute Gasteiger partial charge is 0.298 e. The summed E-state index contributed by atoms with van der Waals surface area (Å²) in [5, 5.41) is 0. The number of rotatable bonds is 3. The fraction of sp³-hybridized carbons (Fsp3) is 0.278. The van der Waals surface area contributed by atoms with Gasteiger partial charge >= 0.3 is 0 Å². The second-order valence-corrected chi connectivity index (χ2v) is 5.44. The van der Waals surface area contributed by atoms with E-state index in [1.807, 2.05) is 6.07 Å². The molecule has 0 bridgehead atoms. The lowest BCUT2D eigenvalue weighted by Crippen LogP contribution is -2.16. The monoisotopic (exact) mass is 250 g/mol. The van der Waals surface area contributed by atoms with E-state index in [0.29, 0.717) is 0 Å². The quantitative estimate of drug-likeness (QED) is 0.756. The average Bonchev–Trinajstić information content (AvgIpc) is 2.48. The summed E-state index contributed by atoms with van der Waals surface area (Å²) in [5.74, 6) is 0.733. The van der Waals surface area contributed by atoms with Crippen molar-refractivity contribution in [3.63, 3.8) is 0 Å². The first-order valence-electron chi connectivity index (χ1n) is 6.96. The average molecular weight is 250 g/mol. The fourth-order valence-corrected chi connectivity index (χ4v) is 3.05. The summed E-state index contributed by atoms with van der Waals surface area (Å²) in [7, 11) is 0. The summed E-state index contributed by atoms with van der Waals surface area (Å²) in [5.41, 5.74) is 5.03. The first kappa shape index (κ1) is 12.2. The number of hydrogen-bond donors (Lipinski definition) is 0. The third-order valence-corrected chi connectivity index (χ3v) is 4.06. The van der Waals surface area contributed by atoms with Gasteiger partial charge in [0.05, 0.1) is 0 Å². The maximum Gasteiger partial charge on any atom is 0.150 e. The minimum Gasteiger partial charge on any atom is -0.298 e. The van der Waals surface area contributed by atoms with Gasteiger partial charge in [-0.25, -0.2) is 0 Å². The van der Waals surface area contributed by atoms with Crippen molar-refractivity contribution in [3.8, 4) is 0 Å². The van der Waals surface area contributed by atoms with Crippen LogP contribution in [0.3, 0.4) is 0 Å². The summed E-state index contributed by atoms with van der Waals surface area (Å²) < 4.78 is 0. The first-order chi connectivity index (χ1) is 9.35. The van der Waals surface area contributed by atoms with E-state index >= 15 is 0 Å². The number of benzene rings is 2. The number of aryl methyl sites for hydroxylation is 1. The first-order valence-corrected chi connectivity index (χ1v) is 6.96. The Morgan fingerprint density at radius 1 is 1.05 bits per heavy atom. The van der Waals surface area contributed by atoms with Crippen LogP contribution in [-0.4, -0.2) is 6.29 Å². The maximum absolute atomic E-state index is 10.8. The van der Waals surface area contributed by atoms with Crippen LogP contribution in [0.4, 0.5) is 0 Å². The number of carbonyl (C=O) groups excluding carboxylic acids is 1. The highest BCUT2D eigenvalue weighted by atomic mass is 16.1. The molecule has 1 nitrogen and oxygen atoms in total. The minimum atomic E-state index is 0.733. The van der Waals surface area contributed by atoms with Gasteiger partial charge in [0.2, 0.25) is 0 Å². The Bertz CT molecular complexity index is 571. The SMILES string of the molecule is O=Cc1ccc2c(c1)CCC(Cc1ccccc1)C2. The lowest BCUT2D eigenvalue weighted by molar-refractivity contribution is 0.112. The zero-order valence-corrected chi connectivity index (χ0v) is 11.0. The molecule has 1 unspecified atom stereocenters. The van der Waals surface area contributed by atoms with Gasteiger partial charge in [-0.2, -0.15) is 0 Å². The lowest BCUT2D eigenvalue weighted by Gasteiger charge is -2.25. The Kier molecular flexibility index (Phi) is 3.45. The summed E-state index contributed by atoms with van der Waals surface area (Å²) in [4.78, 5) is 10.8. The van der Waals surface area contributed by atoms with Crippen LogP contribution < -0.4 is 0 Å². The zero-order chi connectivity index (χ0) is 13.1. The molecule has 0 saturated heterocycles. The molecule has 1 aliphatic carbocycles. The number of hydrogen-bond acceptors (Lipinski definition) is 1. The molecule has 1 heteroatoms. The Labute approximate surface area is 114 Å². The van der Waals surface area contributed by atoms with Crippen molar-refractivity contribution in [1.82, 2.24) is 0 Å². The van der Waals surface area contributed by atoms with Gasteiger partial charge in [-0.15, -0.1) is 0 Å². The molecule has 0 heterocycles. The highest BCUT2D eigenvalue weighted by Gasteiger charge is 2.19. The summed E-state index contributed by atoms with van der Waals surface area (Å²) >= 11 is 0. The molecule has 0 saturated carbocycles. The van der Waals surface area contributed by atoms with E-state index < -0.39 is 0 Å². The molecule has 0 N–H and O–H groups in total. The molecule has 3 rings (SSSR count). The van der Waals surface area contributed by atoms with Gasteiger partial charge in [0.15, 0.2) is 0 Å². The summed E-state index contributed by atoms with van der Waals surface area (Å²) in [6, 6.07) is 16.9. The van der Waals surface area contributed by atoms with Gasteiger partial charge < -0.3 is 0 Å². The molecule has 19 heavy (non-hydrogen) atoms. The van der Waals surface area contributed by atoms with E-state index in [0.717, 1.165) is 37.0 Å². The number of aldehydes is 1. The standard InChI is InChI=1S/C18H18O/c19-13-16-7-9-17-11-15(6-8-18(17)12-16)10-14-4-2-1-3-5-14/h1-5,7,9,12-13,15H,6,8,10-11H2. The zero-order valence-electron chi connectivity index (χ0n) is 11.0. The third kappa shape index (κ3) is 2.76. The molecular weight excluding hydrogens is 232 g/mol. The normalized spacial score (nSPS) is 17.8. The van der Waals surface area contributed by atoms with E-state index in [2.05, 4.69) is 42.5 Å². The Balaban J connectivity index is 1.74. The Morgan fingerprint density at radius 3 is 2.68 bits per heavy atom. The molecule has 0 aliphatic heterocycles. The highest BCUT2D eigenvalue weighted by Crippen LogP contribution is 2.28. The van der Waals surface area contributed by atoms with Crippen LogP contribution in [0.25, 0.3) is 0 Å². The summed E-state index contributed by atoms with van der Waals surface area (Å²) in [6.07, 6.45) is 5.58. The highest BCUT2D eigenvalue weighted by molar-refractivity contribution is 5.75. The number of fused-ring (bicyclic) bond motifs is 1. The molecule has 0 spiro atoms. The van der Waals surface area contributed by atoms with E-state index in [1.165, 1.54) is 23.1 Å². The molecule has 0 fully saturated rings. The molecule has 1 aliphatic rings. The third-order valence-electron chi connectivity index (χ3n) is 4.06. The molecule has 0 radical (unpaired) electrons. The van der Waals surface area contributed by atoms with Crippen molar-refractivity contribution in [2.24, 2.45) is 5.92 Å². The molecule has 1 atom stereocenters. The van der Waals surface area contributed by atoms with Crippen molar-refractivity contribution in [3.05, 3.63) is 70.8 Å². The topological polar surface area (TPSA) is 17.1 Å². The van der Waals surface area contributed by atoms with Crippen molar-refractivity contribution >= 4 is 6.29 Å². The van der Waals surface area contributed by atoms with Gasteiger partial charge in [0, 0.05) is 5.56 Å². The van der Waals surface area contributed by atoms with Crippen LogP contribution in [-0.2, 0) is 19.3 Å². The lowest BCUT2D eigenvalue weighted by atomic mass is 9.80. The molecule has 96 valence electrons. The van der Waals surface area contributed by atoms with Gasteiger partial charge in [-0.05, 0) is 54.4 Å². The van der Waals surface area contributed by atoms with Crippen LogP contribution >= 0.6 is 0 Å². The predicted molar refractivity (Wildman–Crippen MR) is 77.5 cm³/mol. The smallest absolute Gasteiger partial charge is 0.150 e. The molecule has 2 aromatic carbocycles. The van der Waals surface area contributed by atoms with Crippen LogP contribution in [0.5, 0.6) is 0 Å². The fourth-order valence-electron chi connectivity index (χ4n) is 3.05. The van der Waals surface area contributed by atoms with Gasteiger partial charge in [0.1, 0.15) is 6.29 Å². The van der Waals surface area contributed by atoms with Crippen LogP contribution in [0.2, 0.25) is 0 Å². The molecular formula is C18H18O. The van der Waals surface area contributed by atoms with Crippen LogP contribution in [0.15, 0.2) is 48.5 Å². The van der Waals surface area contributed by atoms with Crippen molar-refractivity contribution in [1.29, 1.82) is 0 Å². The van der Waals surface area contributed by atoms with Crippen LogP contribution in [0.1, 0.15) is 33.5 Å². The second-order valence-electron chi connectivity index (χ2n) is 5.44. The minimum absolute atomic E-state index is 0.733. The van der Waals surface area contributed by atoms with E-state index in [4.69, 9.17) is 0 Å². The Morgan fingerprint density at radius 2 is 1.89 bits per heavy atom. The predicted octanol–water partition coefficient (Wildman–Crippen LogP) is 3.85. The van der Waals surface area contributed by atoms with Gasteiger partial charge in [0.25, 0.3) is 0 Å². The molecule has 2 aromatic rings. The number of carbonyl (C=O) groups is 1. The van der Waals surface area contributed by atoms with E-state index in [1.54, 1.807) is 0 Å². The van der Waals surface area contributed by atoms with E-state index in [-0.39, 0.29) is 0 Å². The van der Waals surface area contributed by atoms with E-state index in [9.17, 15) is 4.79 Å². The Hall–Kier alpha value is -1.89. The van der Waals surface area contributed by atoms with Crippen molar-refractivity contribution in [2.75, 3.05) is 0 Å². The van der Waals surface area contributed by atoms with Crippen molar-refractivity contribution < 1.29 is 4.79 Å². The molecule has 0 amide bonds. The maximum atomic E-state index is 10.8. The summed E-state index contributed by atoms with van der Waals surface area (Å²) in [6.45, 7) is 0. The molecule has 0 aromatic heterocycles. The van der Waals surface area contributed by atoms with Crippen LogP contribution in [0, 0.1) is 5.92 Å². The van der Waals surface area contributed by atoms with Gasteiger partial charge in [-0.3, -0.25) is 4.79 Å². The second kappa shape index (κ2) is 5.40.